The molecule has 0 aliphatic heterocycles. The molecule has 1 N–H and O–H groups in total. The molecule has 0 aliphatic carbocycles. The third-order valence-electron chi connectivity index (χ3n) is 6.79. The van der Waals surface area contributed by atoms with E-state index in [-0.39, 0.29) is 0 Å². The van der Waals surface area contributed by atoms with Crippen molar-refractivity contribution in [1.29, 1.82) is 0 Å². The first-order valence-electron chi connectivity index (χ1n) is 13.0. The molecule has 4 nitrogen and oxygen atoms in total. The van der Waals surface area contributed by atoms with Crippen molar-refractivity contribution in [1.82, 2.24) is 19.8 Å². The minimum atomic E-state index is -4.38. The number of alkyl halides is 3. The Hall–Kier alpha value is -3.16. The smallest absolute Gasteiger partial charge is 0.316 e. The number of hydrogen-bond donors (Lipinski definition) is 1. The molecule has 2 aromatic carbocycles. The molecule has 196 valence electrons. The fourth-order valence-electron chi connectivity index (χ4n) is 4.85. The minimum Gasteiger partial charge on any atom is -0.316 e. The lowest BCUT2D eigenvalue weighted by molar-refractivity contribution is -0.137. The van der Waals surface area contributed by atoms with E-state index in [1.807, 2.05) is 47.2 Å². The first-order valence-corrected chi connectivity index (χ1v) is 13.0. The molecule has 0 saturated heterocycles. The lowest BCUT2D eigenvalue weighted by atomic mass is 10.1. The Morgan fingerprint density at radius 2 is 1.76 bits per heavy atom. The lowest BCUT2D eigenvalue weighted by Crippen LogP contribution is -2.36. The van der Waals surface area contributed by atoms with Crippen LogP contribution in [0.1, 0.15) is 49.8 Å². The van der Waals surface area contributed by atoms with Gasteiger partial charge in [0.2, 0.25) is 0 Å². The fraction of sp³-hybridized carbons (Fsp3) is 0.367. The maximum atomic E-state index is 13.4. The third-order valence-corrected chi connectivity index (χ3v) is 6.79. The second-order valence-electron chi connectivity index (χ2n) is 9.50. The van der Waals surface area contributed by atoms with E-state index in [2.05, 4.69) is 29.0 Å². The Morgan fingerprint density at radius 3 is 2.49 bits per heavy atom. The zero-order chi connectivity index (χ0) is 26.3. The van der Waals surface area contributed by atoms with Crippen molar-refractivity contribution in [2.24, 2.45) is 0 Å². The molecule has 0 amide bonds. The van der Waals surface area contributed by atoms with Gasteiger partial charge < -0.3 is 9.88 Å². The second kappa shape index (κ2) is 12.4. The van der Waals surface area contributed by atoms with Gasteiger partial charge in [-0.25, -0.2) is 0 Å². The maximum absolute atomic E-state index is 13.4. The molecule has 0 radical (unpaired) electrons. The predicted molar refractivity (Wildman–Crippen MR) is 144 cm³/mol. The van der Waals surface area contributed by atoms with Crippen LogP contribution in [0.3, 0.4) is 0 Å². The number of hydrogen-bond acceptors (Lipinski definition) is 3. The van der Waals surface area contributed by atoms with Gasteiger partial charge in [0.25, 0.3) is 0 Å². The van der Waals surface area contributed by atoms with E-state index in [1.165, 1.54) is 17.7 Å². The molecule has 0 bridgehead atoms. The van der Waals surface area contributed by atoms with Crippen molar-refractivity contribution in [2.45, 2.75) is 58.4 Å². The van der Waals surface area contributed by atoms with Crippen molar-refractivity contribution in [3.63, 3.8) is 0 Å². The Balaban J connectivity index is 1.62. The van der Waals surface area contributed by atoms with Crippen LogP contribution in [-0.4, -0.2) is 33.6 Å². The summed E-state index contributed by atoms with van der Waals surface area (Å²) in [4.78, 5) is 6.53. The van der Waals surface area contributed by atoms with Crippen molar-refractivity contribution < 1.29 is 13.2 Å². The van der Waals surface area contributed by atoms with Crippen LogP contribution in [0.25, 0.3) is 16.6 Å². The van der Waals surface area contributed by atoms with Crippen molar-refractivity contribution in [3.05, 3.63) is 95.9 Å². The van der Waals surface area contributed by atoms with Gasteiger partial charge >= 0.3 is 6.18 Å². The number of aromatic nitrogens is 2. The molecular formula is C30H35F3N4. The van der Waals surface area contributed by atoms with Crippen LogP contribution < -0.4 is 5.32 Å². The van der Waals surface area contributed by atoms with Gasteiger partial charge in [-0.05, 0) is 60.4 Å². The monoisotopic (exact) mass is 508 g/mol. The average molecular weight is 509 g/mol. The Bertz CT molecular complexity index is 1270. The van der Waals surface area contributed by atoms with E-state index < -0.39 is 11.7 Å². The van der Waals surface area contributed by atoms with Crippen molar-refractivity contribution in [2.75, 3.05) is 13.1 Å². The van der Waals surface area contributed by atoms with Gasteiger partial charge in [0.05, 0.1) is 11.1 Å². The SMILES string of the molecule is CCCC(CC)NCCN(Cc1ccncc1)Cc1cn(-c2cccc(C(F)(F)F)c2)c2ccccc12. The Morgan fingerprint density at radius 1 is 0.973 bits per heavy atom. The standard InChI is InChI=1S/C30H35F3N4/c1-3-8-26(4-2)35-17-18-36(20-23-13-15-34-16-14-23)21-24-22-37(29-12-6-5-11-28(24)29)27-10-7-9-25(19-27)30(31,32)33/h5-7,9-16,19,22,26,35H,3-4,8,17-18,20-21H2,1-2H3. The number of para-hydroxylation sites is 1. The molecule has 4 aromatic rings. The Kier molecular flexibility index (Phi) is 9.00. The summed E-state index contributed by atoms with van der Waals surface area (Å²) in [5.41, 5.74) is 3.02. The highest BCUT2D eigenvalue weighted by molar-refractivity contribution is 5.85. The van der Waals surface area contributed by atoms with E-state index in [0.717, 1.165) is 61.4 Å². The number of nitrogens with one attached hydrogen (secondary N) is 1. The van der Waals surface area contributed by atoms with Crippen LogP contribution in [0.15, 0.2) is 79.3 Å². The number of benzene rings is 2. The van der Waals surface area contributed by atoms with E-state index in [9.17, 15) is 13.2 Å². The van der Waals surface area contributed by atoms with E-state index in [1.54, 1.807) is 18.5 Å². The van der Waals surface area contributed by atoms with Gasteiger partial charge in [-0.2, -0.15) is 13.2 Å². The summed E-state index contributed by atoms with van der Waals surface area (Å²) in [7, 11) is 0. The molecule has 7 heteroatoms. The van der Waals surface area contributed by atoms with Gasteiger partial charge in [-0.3, -0.25) is 9.88 Å². The lowest BCUT2D eigenvalue weighted by Gasteiger charge is -2.24. The van der Waals surface area contributed by atoms with Crippen LogP contribution in [-0.2, 0) is 19.3 Å². The van der Waals surface area contributed by atoms with E-state index >= 15 is 0 Å². The number of pyridine rings is 1. The molecule has 0 fully saturated rings. The quantitative estimate of drug-likeness (QED) is 0.219. The first-order chi connectivity index (χ1) is 17.9. The van der Waals surface area contributed by atoms with Gasteiger partial charge in [-0.1, -0.05) is 44.5 Å². The van der Waals surface area contributed by atoms with Crippen molar-refractivity contribution >= 4 is 10.9 Å². The number of halogens is 3. The number of nitrogens with zero attached hydrogens (tertiary/aromatic N) is 3. The summed E-state index contributed by atoms with van der Waals surface area (Å²) in [6.07, 6.45) is 4.62. The molecule has 0 spiro atoms. The molecule has 1 unspecified atom stereocenters. The highest BCUT2D eigenvalue weighted by Gasteiger charge is 2.30. The largest absolute Gasteiger partial charge is 0.416 e. The van der Waals surface area contributed by atoms with Gasteiger partial charge in [0.15, 0.2) is 0 Å². The first kappa shape index (κ1) is 26.9. The van der Waals surface area contributed by atoms with E-state index in [0.29, 0.717) is 18.3 Å². The zero-order valence-electron chi connectivity index (χ0n) is 21.5. The van der Waals surface area contributed by atoms with Gasteiger partial charge in [0.1, 0.15) is 0 Å². The molecule has 2 heterocycles. The molecule has 37 heavy (non-hydrogen) atoms. The molecule has 1 atom stereocenters. The molecule has 4 rings (SSSR count). The van der Waals surface area contributed by atoms with Gasteiger partial charge in [-0.15, -0.1) is 0 Å². The van der Waals surface area contributed by atoms with Crippen LogP contribution >= 0.6 is 0 Å². The highest BCUT2D eigenvalue weighted by atomic mass is 19.4. The molecular weight excluding hydrogens is 473 g/mol. The number of rotatable bonds is 12. The van der Waals surface area contributed by atoms with Crippen LogP contribution in [0.4, 0.5) is 13.2 Å². The maximum Gasteiger partial charge on any atom is 0.416 e. The zero-order valence-corrected chi connectivity index (χ0v) is 21.5. The van der Waals surface area contributed by atoms with Crippen LogP contribution in [0.5, 0.6) is 0 Å². The number of fused-ring (bicyclic) bond motifs is 1. The summed E-state index contributed by atoms with van der Waals surface area (Å²) in [5, 5.41) is 4.74. The normalized spacial score (nSPS) is 12.9. The third kappa shape index (κ3) is 6.99. The summed E-state index contributed by atoms with van der Waals surface area (Å²) in [5.74, 6) is 0. The molecule has 0 saturated carbocycles. The summed E-state index contributed by atoms with van der Waals surface area (Å²) in [6, 6.07) is 18.0. The van der Waals surface area contributed by atoms with Crippen LogP contribution in [0, 0.1) is 0 Å². The van der Waals surface area contributed by atoms with Crippen molar-refractivity contribution in [3.8, 4) is 5.69 Å². The minimum absolute atomic E-state index is 0.505. The molecule has 2 aromatic heterocycles. The van der Waals surface area contributed by atoms with Gasteiger partial charge in [0, 0.05) is 61.9 Å². The fourth-order valence-corrected chi connectivity index (χ4v) is 4.85. The average Bonchev–Trinajstić information content (AvgIpc) is 3.26. The summed E-state index contributed by atoms with van der Waals surface area (Å²) in [6.45, 7) is 7.59. The van der Waals surface area contributed by atoms with E-state index in [4.69, 9.17) is 0 Å². The summed E-state index contributed by atoms with van der Waals surface area (Å²) >= 11 is 0. The van der Waals surface area contributed by atoms with Crippen LogP contribution in [0.2, 0.25) is 0 Å². The predicted octanol–water partition coefficient (Wildman–Crippen LogP) is 7.21. The highest BCUT2D eigenvalue weighted by Crippen LogP contribution is 2.32. The topological polar surface area (TPSA) is 33.1 Å². The summed E-state index contributed by atoms with van der Waals surface area (Å²) < 4.78 is 42.1. The second-order valence-corrected chi connectivity index (χ2v) is 9.50. The Labute approximate surface area is 217 Å². The molecule has 0 aliphatic rings.